The Morgan fingerprint density at radius 1 is 0.857 bits per heavy atom. The molecule has 144 valence electrons. The van der Waals surface area contributed by atoms with E-state index >= 15 is 0 Å². The number of anilines is 3. The molecule has 0 unspecified atom stereocenters. The number of nitrogens with zero attached hydrogens (tertiary/aromatic N) is 5. The molecule has 1 aliphatic rings. The Morgan fingerprint density at radius 3 is 2.29 bits per heavy atom. The third-order valence-electron chi connectivity index (χ3n) is 4.83. The molecule has 0 atom stereocenters. The smallest absolute Gasteiger partial charge is 0.224 e. The number of hydrogen-bond donors (Lipinski definition) is 1. The zero-order valence-electron chi connectivity index (χ0n) is 16.0. The number of aromatic nitrogens is 3. The van der Waals surface area contributed by atoms with Crippen molar-refractivity contribution in [2.45, 2.75) is 6.54 Å². The molecule has 0 bridgehead atoms. The lowest BCUT2D eigenvalue weighted by atomic mass is 10.2. The molecule has 0 spiro atoms. The van der Waals surface area contributed by atoms with Gasteiger partial charge < -0.3 is 19.9 Å². The molecule has 0 radical (unpaired) electrons. The molecular formula is C21H24N6O. The van der Waals surface area contributed by atoms with E-state index in [1.165, 1.54) is 0 Å². The Hall–Kier alpha value is -3.35. The topological polar surface area (TPSA) is 66.4 Å². The quantitative estimate of drug-likeness (QED) is 0.709. The van der Waals surface area contributed by atoms with Crippen LogP contribution in [-0.2, 0) is 6.54 Å². The van der Waals surface area contributed by atoms with Gasteiger partial charge in [0.05, 0.1) is 7.11 Å². The second-order valence-corrected chi connectivity index (χ2v) is 6.60. The van der Waals surface area contributed by atoms with Gasteiger partial charge in [0.25, 0.3) is 0 Å². The van der Waals surface area contributed by atoms with E-state index in [0.717, 1.165) is 49.1 Å². The number of ether oxygens (including phenoxy) is 1. The lowest BCUT2D eigenvalue weighted by Crippen LogP contribution is -2.47. The summed E-state index contributed by atoms with van der Waals surface area (Å²) in [6.45, 7) is 4.34. The molecule has 2 aromatic heterocycles. The van der Waals surface area contributed by atoms with Crippen LogP contribution in [0.4, 0.5) is 17.6 Å². The van der Waals surface area contributed by atoms with Crippen molar-refractivity contribution < 1.29 is 4.74 Å². The number of pyridine rings is 1. The van der Waals surface area contributed by atoms with Crippen LogP contribution in [0.5, 0.6) is 5.75 Å². The standard InChI is InChI=1S/C21H24N6O/c1-28-18-7-5-17(6-8-18)16-24-21-23-11-9-20(25-21)27-14-12-26(13-15-27)19-4-2-3-10-22-19/h2-11H,12-16H2,1H3,(H,23,24,25). The Bertz CT molecular complexity index is 879. The van der Waals surface area contributed by atoms with Crippen molar-refractivity contribution in [2.24, 2.45) is 0 Å². The number of methoxy groups -OCH3 is 1. The summed E-state index contributed by atoms with van der Waals surface area (Å²) in [5, 5.41) is 3.30. The van der Waals surface area contributed by atoms with Crippen molar-refractivity contribution in [1.29, 1.82) is 0 Å². The zero-order valence-corrected chi connectivity index (χ0v) is 16.0. The minimum atomic E-state index is 0.639. The zero-order chi connectivity index (χ0) is 19.2. The van der Waals surface area contributed by atoms with Crippen molar-refractivity contribution >= 4 is 17.6 Å². The van der Waals surface area contributed by atoms with Gasteiger partial charge in [-0.3, -0.25) is 0 Å². The normalized spacial score (nSPS) is 14.0. The van der Waals surface area contributed by atoms with Crippen LogP contribution in [0.15, 0.2) is 60.9 Å². The molecule has 7 nitrogen and oxygen atoms in total. The predicted octanol–water partition coefficient (Wildman–Crippen LogP) is 2.82. The minimum absolute atomic E-state index is 0.639. The monoisotopic (exact) mass is 376 g/mol. The molecule has 4 rings (SSSR count). The van der Waals surface area contributed by atoms with Crippen molar-refractivity contribution in [3.05, 3.63) is 66.5 Å². The van der Waals surface area contributed by atoms with E-state index in [1.54, 1.807) is 7.11 Å². The molecule has 0 aliphatic carbocycles. The molecule has 1 aromatic carbocycles. The molecule has 1 N–H and O–H groups in total. The first-order valence-corrected chi connectivity index (χ1v) is 9.42. The summed E-state index contributed by atoms with van der Waals surface area (Å²) in [6, 6.07) is 16.0. The Morgan fingerprint density at radius 2 is 1.61 bits per heavy atom. The number of piperazine rings is 1. The predicted molar refractivity (Wildman–Crippen MR) is 111 cm³/mol. The summed E-state index contributed by atoms with van der Waals surface area (Å²) >= 11 is 0. The highest BCUT2D eigenvalue weighted by molar-refractivity contribution is 5.46. The molecule has 0 saturated carbocycles. The summed E-state index contributed by atoms with van der Waals surface area (Å²) in [6.07, 6.45) is 3.65. The van der Waals surface area contributed by atoms with Gasteiger partial charge >= 0.3 is 0 Å². The van der Waals surface area contributed by atoms with E-state index in [1.807, 2.05) is 54.9 Å². The summed E-state index contributed by atoms with van der Waals surface area (Å²) in [5.41, 5.74) is 1.15. The van der Waals surface area contributed by atoms with E-state index < -0.39 is 0 Å². The van der Waals surface area contributed by atoms with Crippen molar-refractivity contribution in [3.8, 4) is 5.75 Å². The van der Waals surface area contributed by atoms with E-state index in [-0.39, 0.29) is 0 Å². The third-order valence-corrected chi connectivity index (χ3v) is 4.83. The maximum absolute atomic E-state index is 5.19. The summed E-state index contributed by atoms with van der Waals surface area (Å²) in [7, 11) is 1.67. The van der Waals surface area contributed by atoms with Gasteiger partial charge in [-0.25, -0.2) is 9.97 Å². The molecule has 28 heavy (non-hydrogen) atoms. The first-order chi connectivity index (χ1) is 13.8. The van der Waals surface area contributed by atoms with E-state index in [4.69, 9.17) is 4.74 Å². The van der Waals surface area contributed by atoms with Crippen LogP contribution in [0.25, 0.3) is 0 Å². The summed E-state index contributed by atoms with van der Waals surface area (Å²) < 4.78 is 5.19. The first kappa shape index (κ1) is 18.0. The van der Waals surface area contributed by atoms with Gasteiger partial charge in [-0.2, -0.15) is 4.98 Å². The highest BCUT2D eigenvalue weighted by Gasteiger charge is 2.19. The fraction of sp³-hybridized carbons (Fsp3) is 0.286. The minimum Gasteiger partial charge on any atom is -0.497 e. The fourth-order valence-electron chi connectivity index (χ4n) is 3.24. The lowest BCUT2D eigenvalue weighted by Gasteiger charge is -2.36. The van der Waals surface area contributed by atoms with Crippen molar-refractivity contribution in [2.75, 3.05) is 48.4 Å². The van der Waals surface area contributed by atoms with Gasteiger partial charge in [0.15, 0.2) is 0 Å². The van der Waals surface area contributed by atoms with Crippen LogP contribution in [0.1, 0.15) is 5.56 Å². The van der Waals surface area contributed by atoms with Crippen LogP contribution < -0.4 is 19.9 Å². The number of rotatable bonds is 6. The Kier molecular flexibility index (Phi) is 5.51. The largest absolute Gasteiger partial charge is 0.497 e. The average molecular weight is 376 g/mol. The molecule has 0 amide bonds. The third kappa shape index (κ3) is 4.31. The highest BCUT2D eigenvalue weighted by atomic mass is 16.5. The van der Waals surface area contributed by atoms with Crippen molar-refractivity contribution in [3.63, 3.8) is 0 Å². The van der Waals surface area contributed by atoms with E-state index in [9.17, 15) is 0 Å². The van der Waals surface area contributed by atoms with Crippen LogP contribution in [-0.4, -0.2) is 48.2 Å². The molecule has 1 saturated heterocycles. The second kappa shape index (κ2) is 8.56. The molecule has 3 heterocycles. The highest BCUT2D eigenvalue weighted by Crippen LogP contribution is 2.18. The number of nitrogens with one attached hydrogen (secondary N) is 1. The first-order valence-electron chi connectivity index (χ1n) is 9.42. The van der Waals surface area contributed by atoms with Gasteiger partial charge in [-0.1, -0.05) is 18.2 Å². The second-order valence-electron chi connectivity index (χ2n) is 6.60. The van der Waals surface area contributed by atoms with E-state index in [0.29, 0.717) is 12.5 Å². The maximum Gasteiger partial charge on any atom is 0.224 e. The maximum atomic E-state index is 5.19. The van der Waals surface area contributed by atoms with Crippen LogP contribution in [0.2, 0.25) is 0 Å². The fourth-order valence-corrected chi connectivity index (χ4v) is 3.24. The van der Waals surface area contributed by atoms with Gasteiger partial charge in [-0.15, -0.1) is 0 Å². The van der Waals surface area contributed by atoms with Crippen molar-refractivity contribution in [1.82, 2.24) is 15.0 Å². The van der Waals surface area contributed by atoms with Gasteiger partial charge in [-0.05, 0) is 35.9 Å². The summed E-state index contributed by atoms with van der Waals surface area (Å²) in [5.74, 6) is 3.48. The summed E-state index contributed by atoms with van der Waals surface area (Å²) in [4.78, 5) is 18.1. The number of hydrogen-bond acceptors (Lipinski definition) is 7. The van der Waals surface area contributed by atoms with E-state index in [2.05, 4.69) is 36.1 Å². The molecule has 7 heteroatoms. The molecule has 3 aromatic rings. The van der Waals surface area contributed by atoms with Crippen LogP contribution >= 0.6 is 0 Å². The van der Waals surface area contributed by atoms with Crippen LogP contribution in [0.3, 0.4) is 0 Å². The Labute approximate surface area is 165 Å². The molecule has 1 aliphatic heterocycles. The average Bonchev–Trinajstić information content (AvgIpc) is 2.79. The number of benzene rings is 1. The lowest BCUT2D eigenvalue weighted by molar-refractivity contribution is 0.414. The molecular weight excluding hydrogens is 352 g/mol. The SMILES string of the molecule is COc1ccc(CNc2nccc(N3CCN(c4ccccn4)CC3)n2)cc1. The molecule has 1 fully saturated rings. The van der Waals surface area contributed by atoms with Gasteiger partial charge in [0.2, 0.25) is 5.95 Å². The van der Waals surface area contributed by atoms with Gasteiger partial charge in [0, 0.05) is 45.1 Å². The Balaban J connectivity index is 1.34. The van der Waals surface area contributed by atoms with Crippen LogP contribution in [0, 0.1) is 0 Å². The van der Waals surface area contributed by atoms with Gasteiger partial charge in [0.1, 0.15) is 17.4 Å².